The van der Waals surface area contributed by atoms with Gasteiger partial charge < -0.3 is 30.2 Å². The molecular weight excluding hydrogens is 349 g/mol. The molecule has 1 aromatic rings. The molecule has 0 aliphatic heterocycles. The zero-order valence-electron chi connectivity index (χ0n) is 13.4. The second kappa shape index (κ2) is 7.11. The second-order valence-electron chi connectivity index (χ2n) is 5.76. The predicted molar refractivity (Wildman–Crippen MR) is 91.1 cm³/mol. The number of hydrogen-bond acceptors (Lipinski definition) is 5. The highest BCUT2D eigenvalue weighted by Crippen LogP contribution is 2.43. The van der Waals surface area contributed by atoms with Gasteiger partial charge in [0.1, 0.15) is 17.4 Å². The van der Waals surface area contributed by atoms with E-state index >= 15 is 0 Å². The summed E-state index contributed by atoms with van der Waals surface area (Å²) in [5.41, 5.74) is 0.138. The quantitative estimate of drug-likeness (QED) is 0.342. The third-order valence-corrected chi connectivity index (χ3v) is 4.50. The molecule has 1 aromatic carbocycles. The first-order valence-electron chi connectivity index (χ1n) is 7.52. The minimum absolute atomic E-state index is 0.00664. The van der Waals surface area contributed by atoms with Crippen LogP contribution >= 0.6 is 7.75 Å². The normalized spacial score (nSPS) is 21.2. The van der Waals surface area contributed by atoms with Crippen LogP contribution in [-0.2, 0) is 4.57 Å². The monoisotopic (exact) mass is 369 g/mol. The second-order valence-corrected chi connectivity index (χ2v) is 6.98. The van der Waals surface area contributed by atoms with Gasteiger partial charge in [-0.25, -0.2) is 4.57 Å². The molecule has 2 unspecified atom stereocenters. The average molecular weight is 369 g/mol. The number of aliphatic hydroxyl groups is 3. The van der Waals surface area contributed by atoms with Crippen LogP contribution in [-0.4, -0.2) is 41.7 Å². The molecule has 6 N–H and O–H groups in total. The van der Waals surface area contributed by atoms with Crippen molar-refractivity contribution >= 4 is 13.5 Å². The van der Waals surface area contributed by atoms with E-state index in [0.717, 1.165) is 0 Å². The Morgan fingerprint density at radius 1 is 1.20 bits per heavy atom. The molecule has 8 nitrogen and oxygen atoms in total. The molecule has 25 heavy (non-hydrogen) atoms. The number of allylic oxidation sites excluding steroid dienone is 3. The van der Waals surface area contributed by atoms with Crippen molar-refractivity contribution in [2.45, 2.75) is 25.0 Å². The van der Waals surface area contributed by atoms with E-state index in [1.54, 1.807) is 6.92 Å². The summed E-state index contributed by atoms with van der Waals surface area (Å²) in [7, 11) is -4.84. The van der Waals surface area contributed by atoms with Crippen molar-refractivity contribution in [1.29, 1.82) is 0 Å². The Morgan fingerprint density at radius 2 is 1.80 bits per heavy atom. The van der Waals surface area contributed by atoms with E-state index < -0.39 is 31.1 Å². The van der Waals surface area contributed by atoms with Crippen LogP contribution in [0.15, 0.2) is 53.0 Å². The summed E-state index contributed by atoms with van der Waals surface area (Å²) >= 11 is 0. The van der Waals surface area contributed by atoms with Crippen LogP contribution in [0.4, 0.5) is 0 Å². The molecule has 0 saturated heterocycles. The van der Waals surface area contributed by atoms with Gasteiger partial charge in [0.25, 0.3) is 0 Å². The van der Waals surface area contributed by atoms with Crippen molar-refractivity contribution < 1.29 is 34.8 Å². The highest BCUT2D eigenvalue weighted by molar-refractivity contribution is 7.50. The maximum atomic E-state index is 11.2. The van der Waals surface area contributed by atoms with E-state index in [9.17, 15) is 25.0 Å². The van der Waals surface area contributed by atoms with Crippen molar-refractivity contribution in [3.63, 3.8) is 0 Å². The number of rotatable bonds is 5. The molecule has 2 atom stereocenters. The first-order valence-corrected chi connectivity index (χ1v) is 9.09. The van der Waals surface area contributed by atoms with Crippen LogP contribution in [0.5, 0.6) is 5.75 Å². The Bertz CT molecular complexity index is 761. The molecule has 2 rings (SSSR count). The molecule has 0 radical (unpaired) electrons. The molecule has 0 spiro atoms. The van der Waals surface area contributed by atoms with Gasteiger partial charge in [0.15, 0.2) is 5.79 Å². The van der Waals surface area contributed by atoms with Gasteiger partial charge in [-0.15, -0.1) is 0 Å². The number of benzene rings is 1. The Hall–Kier alpha value is -1.96. The van der Waals surface area contributed by atoms with Crippen LogP contribution in [0.1, 0.15) is 24.8 Å². The lowest BCUT2D eigenvalue weighted by molar-refractivity contribution is -0.199. The minimum atomic E-state index is -4.84. The molecule has 0 fully saturated rings. The van der Waals surface area contributed by atoms with Crippen molar-refractivity contribution in [2.24, 2.45) is 10.7 Å². The maximum Gasteiger partial charge on any atom is 0.448 e. The lowest BCUT2D eigenvalue weighted by atomic mass is 9.76. The lowest BCUT2D eigenvalue weighted by Crippen LogP contribution is -2.48. The highest BCUT2D eigenvalue weighted by atomic mass is 31.2. The Balaban J connectivity index is 2.51. The average Bonchev–Trinajstić information content (AvgIpc) is 2.47. The summed E-state index contributed by atoms with van der Waals surface area (Å²) in [6.45, 7) is 1.69. The van der Waals surface area contributed by atoms with Gasteiger partial charge in [-0.2, -0.15) is 4.76 Å². The van der Waals surface area contributed by atoms with Gasteiger partial charge >= 0.3 is 7.75 Å². The van der Waals surface area contributed by atoms with Crippen LogP contribution in [0.3, 0.4) is 0 Å². The molecule has 0 amide bonds. The smallest absolute Gasteiger partial charge is 0.448 e. The predicted octanol–water partition coefficient (Wildman–Crippen LogP) is 1.73. The molecule has 0 saturated carbocycles. The summed E-state index contributed by atoms with van der Waals surface area (Å²) in [5.74, 6) is -5.50. The molecule has 1 aliphatic carbocycles. The van der Waals surface area contributed by atoms with Gasteiger partial charge in [-0.05, 0) is 36.3 Å². The minimum Gasteiger partial charge on any atom is -0.511 e. The van der Waals surface area contributed by atoms with Crippen LogP contribution in [0, 0.1) is 5.92 Å². The lowest BCUT2D eigenvalue weighted by Gasteiger charge is -2.38. The third-order valence-electron chi connectivity index (χ3n) is 4.01. The zero-order chi connectivity index (χ0) is 18.8. The van der Waals surface area contributed by atoms with Crippen molar-refractivity contribution in [1.82, 2.24) is 0 Å². The molecular formula is C16H20NO7P. The first-order chi connectivity index (χ1) is 11.6. The topological polar surface area (TPSA) is 151 Å². The van der Waals surface area contributed by atoms with Crippen LogP contribution < -0.4 is 0 Å². The van der Waals surface area contributed by atoms with Crippen molar-refractivity contribution in [3.05, 3.63) is 53.8 Å². The fourth-order valence-electron chi connectivity index (χ4n) is 2.96. The van der Waals surface area contributed by atoms with Crippen molar-refractivity contribution in [3.8, 4) is 5.75 Å². The molecule has 136 valence electrons. The summed E-state index contributed by atoms with van der Waals surface area (Å²) in [5, 5.41) is 41.1. The maximum absolute atomic E-state index is 11.2. The van der Waals surface area contributed by atoms with E-state index in [2.05, 4.69) is 4.76 Å². The van der Waals surface area contributed by atoms with E-state index in [0.29, 0.717) is 5.56 Å². The third kappa shape index (κ3) is 4.36. The van der Waals surface area contributed by atoms with Crippen molar-refractivity contribution in [2.75, 3.05) is 0 Å². The summed E-state index contributed by atoms with van der Waals surface area (Å²) < 4.78 is 14.4. The van der Waals surface area contributed by atoms with Gasteiger partial charge in [-0.3, -0.25) is 0 Å². The fraction of sp³-hybridized carbons (Fsp3) is 0.312. The van der Waals surface area contributed by atoms with Gasteiger partial charge in [-0.1, -0.05) is 25.1 Å². The number of nitrogens with zero attached hydrogens (tertiary/aromatic N) is 1. The molecule has 1 aliphatic rings. The van der Waals surface area contributed by atoms with E-state index in [1.807, 2.05) is 0 Å². The number of hydrogen-bond donors (Lipinski definition) is 6. The molecule has 0 aromatic heterocycles. The van der Waals surface area contributed by atoms with Gasteiger partial charge in [0.2, 0.25) is 0 Å². The van der Waals surface area contributed by atoms with Gasteiger partial charge in [0.05, 0.1) is 5.71 Å². The summed E-state index contributed by atoms with van der Waals surface area (Å²) in [6.07, 6.45) is 3.95. The SMILES string of the molecule is CCC(c1ccc(O)cc1)C(O)(O)C1C(O)=CC=CC1=NP(=O)(O)O. The number of aromatic hydroxyl groups is 1. The molecule has 0 heterocycles. The van der Waals surface area contributed by atoms with E-state index in [-0.39, 0.29) is 17.9 Å². The van der Waals surface area contributed by atoms with E-state index in [4.69, 9.17) is 9.79 Å². The largest absolute Gasteiger partial charge is 0.511 e. The summed E-state index contributed by atoms with van der Waals surface area (Å²) in [4.78, 5) is 18.2. The number of phenolic OH excluding ortho intramolecular Hbond substituents is 1. The number of phenols is 1. The molecule has 0 bridgehead atoms. The highest BCUT2D eigenvalue weighted by Gasteiger charge is 2.47. The fourth-order valence-corrected chi connectivity index (χ4v) is 3.44. The Kier molecular flexibility index (Phi) is 5.51. The Morgan fingerprint density at radius 3 is 2.32 bits per heavy atom. The Labute approximate surface area is 144 Å². The van der Waals surface area contributed by atoms with Crippen LogP contribution in [0.2, 0.25) is 0 Å². The van der Waals surface area contributed by atoms with E-state index in [1.165, 1.54) is 42.5 Å². The number of aliphatic hydroxyl groups excluding tert-OH is 1. The standard InChI is InChI=1S/C16H20NO7P/c1-2-12(10-6-8-11(18)9-7-10)16(20,21)15-13(17-25(22,23)24)4-3-5-14(15)19/h3-9,12,15,18-21H,2H2,1H3,(H2,22,23,24). The first kappa shape index (κ1) is 19.4. The zero-order valence-corrected chi connectivity index (χ0v) is 14.3. The summed E-state index contributed by atoms with van der Waals surface area (Å²) in [6, 6.07) is 5.78. The molecule has 9 heteroatoms. The van der Waals surface area contributed by atoms with Gasteiger partial charge in [0, 0.05) is 5.92 Å². The van der Waals surface area contributed by atoms with Crippen LogP contribution in [0.25, 0.3) is 0 Å².